The summed E-state index contributed by atoms with van der Waals surface area (Å²) in [6, 6.07) is 2.38. The van der Waals surface area contributed by atoms with E-state index in [1.807, 2.05) is 0 Å². The Morgan fingerprint density at radius 3 is 2.76 bits per heavy atom. The molecule has 1 aliphatic heterocycles. The molecule has 1 aromatic rings. The lowest BCUT2D eigenvalue weighted by atomic mass is 10.1. The second-order valence-corrected chi connectivity index (χ2v) is 5.56. The highest BCUT2D eigenvalue weighted by molar-refractivity contribution is 6.43. The van der Waals surface area contributed by atoms with Crippen LogP contribution in [0.4, 0.5) is 5.69 Å². The molecule has 0 bridgehead atoms. The van der Waals surface area contributed by atoms with Gasteiger partial charge in [0.15, 0.2) is 0 Å². The van der Waals surface area contributed by atoms with Crippen LogP contribution in [-0.4, -0.2) is 36.0 Å². The van der Waals surface area contributed by atoms with Gasteiger partial charge in [-0.1, -0.05) is 23.2 Å². The number of likely N-dealkylation sites (tertiary alicyclic amines) is 1. The lowest BCUT2D eigenvalue weighted by Crippen LogP contribution is -2.41. The number of esters is 1. The zero-order chi connectivity index (χ0) is 15.6. The van der Waals surface area contributed by atoms with Gasteiger partial charge in [0, 0.05) is 12.1 Å². The Kier molecular flexibility index (Phi) is 4.96. The topological polar surface area (TPSA) is 72.6 Å². The van der Waals surface area contributed by atoms with Crippen molar-refractivity contribution in [3.63, 3.8) is 0 Å². The van der Waals surface area contributed by atoms with E-state index in [0.717, 1.165) is 6.42 Å². The summed E-state index contributed by atoms with van der Waals surface area (Å²) in [5.41, 5.74) is 6.27. The van der Waals surface area contributed by atoms with Gasteiger partial charge < -0.3 is 15.4 Å². The second-order valence-electron chi connectivity index (χ2n) is 4.77. The fourth-order valence-corrected chi connectivity index (χ4v) is 2.73. The van der Waals surface area contributed by atoms with Crippen LogP contribution in [0, 0.1) is 0 Å². The van der Waals surface area contributed by atoms with E-state index in [9.17, 15) is 9.59 Å². The molecule has 7 heteroatoms. The van der Waals surface area contributed by atoms with Gasteiger partial charge in [-0.15, -0.1) is 0 Å². The number of hydrogen-bond acceptors (Lipinski definition) is 4. The van der Waals surface area contributed by atoms with Gasteiger partial charge in [0.1, 0.15) is 6.04 Å². The Labute approximate surface area is 132 Å². The first-order chi connectivity index (χ1) is 9.95. The standard InChI is InChI=1S/C14H16Cl2N2O3/c1-2-21-14(20)11-4-3-5-18(11)13(19)8-6-9(15)12(16)10(17)7-8/h6-7,11H,2-5,17H2,1H3. The first-order valence-electron chi connectivity index (χ1n) is 6.67. The number of hydrogen-bond donors (Lipinski definition) is 1. The third kappa shape index (κ3) is 3.24. The maximum Gasteiger partial charge on any atom is 0.328 e. The monoisotopic (exact) mass is 330 g/mol. The van der Waals surface area contributed by atoms with Gasteiger partial charge in [-0.3, -0.25) is 4.79 Å². The predicted molar refractivity (Wildman–Crippen MR) is 81.6 cm³/mol. The molecule has 0 spiro atoms. The van der Waals surface area contributed by atoms with E-state index in [1.165, 1.54) is 17.0 Å². The normalized spacial score (nSPS) is 17.9. The molecule has 1 amide bonds. The predicted octanol–water partition coefficient (Wildman–Crippen LogP) is 2.74. The smallest absolute Gasteiger partial charge is 0.328 e. The summed E-state index contributed by atoms with van der Waals surface area (Å²) in [5, 5.41) is 0.434. The molecule has 2 N–H and O–H groups in total. The fourth-order valence-electron chi connectivity index (χ4n) is 2.39. The van der Waals surface area contributed by atoms with Crippen molar-refractivity contribution in [3.8, 4) is 0 Å². The number of nitrogens with two attached hydrogens (primary N) is 1. The van der Waals surface area contributed by atoms with Crippen molar-refractivity contribution in [3.05, 3.63) is 27.7 Å². The number of ether oxygens (including phenoxy) is 1. The zero-order valence-electron chi connectivity index (χ0n) is 11.6. The summed E-state index contributed by atoms with van der Waals surface area (Å²) >= 11 is 11.8. The van der Waals surface area contributed by atoms with E-state index in [4.69, 9.17) is 33.7 Å². The Morgan fingerprint density at radius 1 is 1.43 bits per heavy atom. The maximum absolute atomic E-state index is 12.5. The number of amides is 1. The molecule has 1 aromatic carbocycles. The lowest BCUT2D eigenvalue weighted by Gasteiger charge is -2.23. The Balaban J connectivity index is 2.25. The van der Waals surface area contributed by atoms with E-state index in [-0.39, 0.29) is 34.2 Å². The number of nitrogens with zero attached hydrogens (tertiary/aromatic N) is 1. The molecule has 1 atom stereocenters. The van der Waals surface area contributed by atoms with E-state index in [1.54, 1.807) is 6.92 Å². The van der Waals surface area contributed by atoms with Crippen LogP contribution in [0.2, 0.25) is 10.0 Å². The zero-order valence-corrected chi connectivity index (χ0v) is 13.1. The molecule has 21 heavy (non-hydrogen) atoms. The number of anilines is 1. The second kappa shape index (κ2) is 6.54. The first-order valence-corrected chi connectivity index (χ1v) is 7.43. The minimum Gasteiger partial charge on any atom is -0.464 e. The molecule has 114 valence electrons. The summed E-state index contributed by atoms with van der Waals surface area (Å²) in [5.74, 6) is -0.674. The van der Waals surface area contributed by atoms with Crippen molar-refractivity contribution >= 4 is 40.8 Å². The van der Waals surface area contributed by atoms with Gasteiger partial charge in [0.05, 0.1) is 22.3 Å². The van der Waals surface area contributed by atoms with Crippen LogP contribution < -0.4 is 5.73 Å². The molecule has 0 saturated carbocycles. The van der Waals surface area contributed by atoms with Crippen molar-refractivity contribution < 1.29 is 14.3 Å². The average Bonchev–Trinajstić information content (AvgIpc) is 2.93. The molecule has 1 saturated heterocycles. The Morgan fingerprint density at radius 2 is 2.14 bits per heavy atom. The van der Waals surface area contributed by atoms with E-state index in [2.05, 4.69) is 0 Å². The van der Waals surface area contributed by atoms with Crippen LogP contribution in [0.1, 0.15) is 30.1 Å². The van der Waals surface area contributed by atoms with Crippen molar-refractivity contribution in [2.75, 3.05) is 18.9 Å². The van der Waals surface area contributed by atoms with Gasteiger partial charge in [0.25, 0.3) is 5.91 Å². The van der Waals surface area contributed by atoms with Crippen molar-refractivity contribution in [2.24, 2.45) is 0 Å². The largest absolute Gasteiger partial charge is 0.464 e. The highest BCUT2D eigenvalue weighted by atomic mass is 35.5. The van der Waals surface area contributed by atoms with Gasteiger partial charge >= 0.3 is 5.97 Å². The number of carbonyl (C=O) groups excluding carboxylic acids is 2. The van der Waals surface area contributed by atoms with E-state index >= 15 is 0 Å². The van der Waals surface area contributed by atoms with Crippen LogP contribution >= 0.6 is 23.2 Å². The fraction of sp³-hybridized carbons (Fsp3) is 0.429. The van der Waals surface area contributed by atoms with Gasteiger partial charge in [-0.25, -0.2) is 4.79 Å². The maximum atomic E-state index is 12.5. The molecule has 0 aromatic heterocycles. The highest BCUT2D eigenvalue weighted by Gasteiger charge is 2.35. The molecule has 5 nitrogen and oxygen atoms in total. The van der Waals surface area contributed by atoms with Crippen molar-refractivity contribution in [2.45, 2.75) is 25.8 Å². The van der Waals surface area contributed by atoms with Gasteiger partial charge in [-0.2, -0.15) is 0 Å². The molecular weight excluding hydrogens is 315 g/mol. The van der Waals surface area contributed by atoms with Crippen LogP contribution in [0.5, 0.6) is 0 Å². The molecular formula is C14H16Cl2N2O3. The van der Waals surface area contributed by atoms with Crippen LogP contribution in [0.3, 0.4) is 0 Å². The molecule has 1 unspecified atom stereocenters. The number of nitrogen functional groups attached to an aromatic ring is 1. The molecule has 0 radical (unpaired) electrons. The molecule has 0 aliphatic carbocycles. The average molecular weight is 331 g/mol. The summed E-state index contributed by atoms with van der Waals surface area (Å²) in [6.07, 6.45) is 1.35. The minimum atomic E-state index is -0.548. The van der Waals surface area contributed by atoms with Crippen molar-refractivity contribution in [1.29, 1.82) is 0 Å². The van der Waals surface area contributed by atoms with Crippen LogP contribution in [0.25, 0.3) is 0 Å². The van der Waals surface area contributed by atoms with Crippen LogP contribution in [0.15, 0.2) is 12.1 Å². The number of benzene rings is 1. The van der Waals surface area contributed by atoms with E-state index in [0.29, 0.717) is 18.5 Å². The molecule has 1 heterocycles. The Bertz CT molecular complexity index is 554. The van der Waals surface area contributed by atoms with Crippen molar-refractivity contribution in [1.82, 2.24) is 4.90 Å². The number of carbonyl (C=O) groups is 2. The Hall–Kier alpha value is -1.46. The van der Waals surface area contributed by atoms with Gasteiger partial charge in [-0.05, 0) is 31.9 Å². The highest BCUT2D eigenvalue weighted by Crippen LogP contribution is 2.31. The van der Waals surface area contributed by atoms with Gasteiger partial charge in [0.2, 0.25) is 0 Å². The SMILES string of the molecule is CCOC(=O)C1CCCN1C(=O)c1cc(N)c(Cl)c(Cl)c1. The first kappa shape index (κ1) is 15.9. The summed E-state index contributed by atoms with van der Waals surface area (Å²) in [6.45, 7) is 2.53. The molecule has 1 fully saturated rings. The minimum absolute atomic E-state index is 0.215. The number of halogens is 2. The summed E-state index contributed by atoms with van der Waals surface area (Å²) in [7, 11) is 0. The quantitative estimate of drug-likeness (QED) is 0.683. The summed E-state index contributed by atoms with van der Waals surface area (Å²) < 4.78 is 5.00. The molecule has 2 rings (SSSR count). The van der Waals surface area contributed by atoms with Crippen LogP contribution in [-0.2, 0) is 9.53 Å². The third-order valence-corrected chi connectivity index (χ3v) is 4.19. The van der Waals surface area contributed by atoms with E-state index < -0.39 is 6.04 Å². The lowest BCUT2D eigenvalue weighted by molar-refractivity contribution is -0.147. The molecule has 1 aliphatic rings. The number of rotatable bonds is 3. The third-order valence-electron chi connectivity index (χ3n) is 3.38. The summed E-state index contributed by atoms with van der Waals surface area (Å²) in [4.78, 5) is 25.9.